The predicted octanol–water partition coefficient (Wildman–Crippen LogP) is 4.01. The number of carbonyl (C=O) groups excluding carboxylic acids is 1. The van der Waals surface area contributed by atoms with Gasteiger partial charge < -0.3 is 14.6 Å². The van der Waals surface area contributed by atoms with Crippen LogP contribution >= 0.6 is 0 Å². The van der Waals surface area contributed by atoms with Crippen LogP contribution in [0.5, 0.6) is 0 Å². The zero-order chi connectivity index (χ0) is 20.2. The van der Waals surface area contributed by atoms with Gasteiger partial charge in [-0.25, -0.2) is 0 Å². The van der Waals surface area contributed by atoms with E-state index in [0.717, 1.165) is 32.9 Å². The van der Waals surface area contributed by atoms with Crippen LogP contribution in [-0.4, -0.2) is 35.7 Å². The van der Waals surface area contributed by atoms with Crippen LogP contribution in [-0.2, 0) is 16.6 Å². The fraction of sp³-hybridized carbons (Fsp3) is 0.250. The molecule has 1 unspecified atom stereocenters. The molecule has 5 heteroatoms. The zero-order valence-electron chi connectivity index (χ0n) is 16.8. The van der Waals surface area contributed by atoms with E-state index in [1.54, 1.807) is 7.11 Å². The number of hydrogen-bond donors (Lipinski definition) is 1. The van der Waals surface area contributed by atoms with Crippen LogP contribution in [0.3, 0.4) is 0 Å². The quantitative estimate of drug-likeness (QED) is 0.488. The topological polar surface area (TPSA) is 56.1 Å². The molecule has 0 aliphatic heterocycles. The molecule has 148 valence electrons. The van der Waals surface area contributed by atoms with Gasteiger partial charge in [0.15, 0.2) is 0 Å². The average molecular weight is 387 g/mol. The summed E-state index contributed by atoms with van der Waals surface area (Å²) in [5.41, 5.74) is 4.29. The van der Waals surface area contributed by atoms with E-state index in [9.17, 15) is 4.79 Å². The van der Waals surface area contributed by atoms with Crippen LogP contribution in [0.2, 0.25) is 0 Å². The minimum absolute atomic E-state index is 0.00754. The van der Waals surface area contributed by atoms with Crippen molar-refractivity contribution in [1.29, 1.82) is 0 Å². The molecule has 0 aliphatic carbocycles. The number of methoxy groups -OCH3 is 1. The van der Waals surface area contributed by atoms with E-state index in [2.05, 4.69) is 45.3 Å². The van der Waals surface area contributed by atoms with Gasteiger partial charge in [-0.1, -0.05) is 36.4 Å². The second-order valence-corrected chi connectivity index (χ2v) is 7.27. The monoisotopic (exact) mass is 387 g/mol. The molecule has 0 radical (unpaired) electrons. The van der Waals surface area contributed by atoms with Crippen LogP contribution in [0.1, 0.15) is 23.5 Å². The van der Waals surface area contributed by atoms with E-state index in [4.69, 9.17) is 4.74 Å². The normalized spacial score (nSPS) is 12.3. The molecule has 0 saturated carbocycles. The van der Waals surface area contributed by atoms with Gasteiger partial charge >= 0.3 is 0 Å². The number of fused-ring (bicyclic) bond motifs is 2. The van der Waals surface area contributed by atoms with Gasteiger partial charge in [-0.3, -0.25) is 9.78 Å². The lowest BCUT2D eigenvalue weighted by Gasteiger charge is -2.17. The third-order valence-electron chi connectivity index (χ3n) is 5.34. The highest BCUT2D eigenvalue weighted by Crippen LogP contribution is 2.35. The largest absolute Gasteiger partial charge is 0.383 e. The molecule has 4 aromatic rings. The molecule has 1 amide bonds. The number of aryl methyl sites for hydroxylation is 1. The molecule has 0 fully saturated rings. The number of rotatable bonds is 7. The number of nitrogens with zero attached hydrogens (tertiary/aromatic N) is 2. The van der Waals surface area contributed by atoms with Crippen molar-refractivity contribution in [1.82, 2.24) is 14.9 Å². The summed E-state index contributed by atoms with van der Waals surface area (Å²) in [7, 11) is 3.67. The Morgan fingerprint density at radius 1 is 1.17 bits per heavy atom. The van der Waals surface area contributed by atoms with Crippen molar-refractivity contribution in [2.45, 2.75) is 12.3 Å². The lowest BCUT2D eigenvalue weighted by molar-refractivity contribution is -0.121. The standard InChI is InChI=1S/C24H25N3O2/c1-27-16-21(19-8-4-6-10-23(19)27)20(14-24(28)25-11-12-29-2)18-13-17-7-3-5-9-22(17)26-15-18/h3-10,13,15-16,20H,11-12,14H2,1-2H3,(H,25,28). The number of carbonyl (C=O) groups is 1. The fourth-order valence-electron chi connectivity index (χ4n) is 3.89. The molecule has 1 N–H and O–H groups in total. The maximum absolute atomic E-state index is 12.7. The Balaban J connectivity index is 1.76. The van der Waals surface area contributed by atoms with Crippen LogP contribution in [0.15, 0.2) is 67.0 Å². The van der Waals surface area contributed by atoms with Crippen molar-refractivity contribution in [3.8, 4) is 0 Å². The van der Waals surface area contributed by atoms with Crippen LogP contribution < -0.4 is 5.32 Å². The SMILES string of the molecule is COCCNC(=O)CC(c1cnc2ccccc2c1)c1cn(C)c2ccccc12. The summed E-state index contributed by atoms with van der Waals surface area (Å²) in [4.78, 5) is 17.3. The molecule has 5 nitrogen and oxygen atoms in total. The molecular weight excluding hydrogens is 362 g/mol. The average Bonchev–Trinajstić information content (AvgIpc) is 3.08. The van der Waals surface area contributed by atoms with E-state index in [1.165, 1.54) is 0 Å². The smallest absolute Gasteiger partial charge is 0.221 e. The molecule has 0 aliphatic rings. The molecular formula is C24H25N3O2. The molecule has 0 bridgehead atoms. The summed E-state index contributed by atoms with van der Waals surface area (Å²) < 4.78 is 7.17. The Labute approximate surface area is 170 Å². The van der Waals surface area contributed by atoms with Crippen molar-refractivity contribution in [2.75, 3.05) is 20.3 Å². The lowest BCUT2D eigenvalue weighted by Crippen LogP contribution is -2.28. The minimum atomic E-state index is -0.0826. The zero-order valence-corrected chi connectivity index (χ0v) is 16.8. The number of para-hydroxylation sites is 2. The van der Waals surface area contributed by atoms with Crippen LogP contribution in [0.25, 0.3) is 21.8 Å². The molecule has 2 heterocycles. The number of aromatic nitrogens is 2. The van der Waals surface area contributed by atoms with Crippen molar-refractivity contribution < 1.29 is 9.53 Å². The third-order valence-corrected chi connectivity index (χ3v) is 5.34. The maximum Gasteiger partial charge on any atom is 0.221 e. The molecule has 0 saturated heterocycles. The van der Waals surface area contributed by atoms with Crippen molar-refractivity contribution in [3.05, 3.63) is 78.1 Å². The first-order valence-corrected chi connectivity index (χ1v) is 9.81. The Morgan fingerprint density at radius 2 is 1.97 bits per heavy atom. The summed E-state index contributed by atoms with van der Waals surface area (Å²) >= 11 is 0. The van der Waals surface area contributed by atoms with Gasteiger partial charge in [0.2, 0.25) is 5.91 Å². The van der Waals surface area contributed by atoms with E-state index in [0.29, 0.717) is 19.6 Å². The van der Waals surface area contributed by atoms with E-state index < -0.39 is 0 Å². The number of pyridine rings is 1. The number of nitrogens with one attached hydrogen (secondary N) is 1. The first kappa shape index (κ1) is 19.2. The second-order valence-electron chi connectivity index (χ2n) is 7.27. The van der Waals surface area contributed by atoms with Gasteiger partial charge in [0, 0.05) is 61.7 Å². The Kier molecular flexibility index (Phi) is 5.58. The molecule has 0 spiro atoms. The number of ether oxygens (including phenoxy) is 1. The van der Waals surface area contributed by atoms with Gasteiger partial charge in [0.05, 0.1) is 12.1 Å². The number of amides is 1. The van der Waals surface area contributed by atoms with Crippen molar-refractivity contribution in [2.24, 2.45) is 7.05 Å². The summed E-state index contributed by atoms with van der Waals surface area (Å²) in [6.07, 6.45) is 4.39. The van der Waals surface area contributed by atoms with E-state index in [1.807, 2.05) is 43.6 Å². The van der Waals surface area contributed by atoms with Crippen molar-refractivity contribution >= 4 is 27.7 Å². The summed E-state index contributed by atoms with van der Waals surface area (Å²) in [5.74, 6) is -0.0751. The molecule has 2 aromatic heterocycles. The third kappa shape index (κ3) is 4.00. The van der Waals surface area contributed by atoms with E-state index >= 15 is 0 Å². The summed E-state index contributed by atoms with van der Waals surface area (Å²) in [6, 6.07) is 18.5. The van der Waals surface area contributed by atoms with Crippen LogP contribution in [0, 0.1) is 0 Å². The van der Waals surface area contributed by atoms with Gasteiger partial charge in [-0.05, 0) is 29.3 Å². The Hall–Kier alpha value is -3.18. The molecule has 1 atom stereocenters. The fourth-order valence-corrected chi connectivity index (χ4v) is 3.89. The van der Waals surface area contributed by atoms with Gasteiger partial charge in [-0.15, -0.1) is 0 Å². The molecule has 2 aromatic carbocycles. The van der Waals surface area contributed by atoms with Gasteiger partial charge in [0.1, 0.15) is 0 Å². The summed E-state index contributed by atoms with van der Waals surface area (Å²) in [6.45, 7) is 1.01. The number of hydrogen-bond acceptors (Lipinski definition) is 3. The Morgan fingerprint density at radius 3 is 2.83 bits per heavy atom. The highest BCUT2D eigenvalue weighted by Gasteiger charge is 2.23. The Bertz CT molecular complexity index is 1150. The summed E-state index contributed by atoms with van der Waals surface area (Å²) in [5, 5.41) is 5.20. The first-order chi connectivity index (χ1) is 14.2. The first-order valence-electron chi connectivity index (χ1n) is 9.81. The highest BCUT2D eigenvalue weighted by atomic mass is 16.5. The van der Waals surface area contributed by atoms with Crippen molar-refractivity contribution in [3.63, 3.8) is 0 Å². The van der Waals surface area contributed by atoms with Crippen LogP contribution in [0.4, 0.5) is 0 Å². The lowest BCUT2D eigenvalue weighted by atomic mass is 9.88. The second kappa shape index (κ2) is 8.45. The predicted molar refractivity (Wildman–Crippen MR) is 116 cm³/mol. The maximum atomic E-state index is 12.7. The van der Waals surface area contributed by atoms with Gasteiger partial charge in [0.25, 0.3) is 0 Å². The van der Waals surface area contributed by atoms with Gasteiger partial charge in [-0.2, -0.15) is 0 Å². The highest BCUT2D eigenvalue weighted by molar-refractivity contribution is 5.87. The minimum Gasteiger partial charge on any atom is -0.383 e. The van der Waals surface area contributed by atoms with E-state index in [-0.39, 0.29) is 11.8 Å². The number of benzene rings is 2. The molecule has 4 rings (SSSR count). The molecule has 29 heavy (non-hydrogen) atoms.